The highest BCUT2D eigenvalue weighted by atomic mass is 35.6. The van der Waals surface area contributed by atoms with Crippen LogP contribution in [-0.2, 0) is 0 Å². The highest BCUT2D eigenvalue weighted by molar-refractivity contribution is 6.68. The zero-order valence-corrected chi connectivity index (χ0v) is 9.27. The zero-order valence-electron chi connectivity index (χ0n) is 6.24. The Bertz CT molecular complexity index is 124. The third-order valence-electron chi connectivity index (χ3n) is 1.06. The molecule has 0 bridgehead atoms. The molecule has 0 aromatic heterocycles. The molecule has 0 spiro atoms. The third kappa shape index (κ3) is 6.30. The van der Waals surface area contributed by atoms with Crippen molar-refractivity contribution >= 4 is 46.4 Å². The first-order chi connectivity index (χ1) is 4.63. The van der Waals surface area contributed by atoms with Gasteiger partial charge in [0.25, 0.3) is 0 Å². The molecule has 1 unspecified atom stereocenters. The predicted molar refractivity (Wildman–Crippen MR) is 50.8 cm³/mol. The van der Waals surface area contributed by atoms with Crippen LogP contribution in [0.3, 0.4) is 0 Å². The maximum absolute atomic E-state index is 9.24. The van der Waals surface area contributed by atoms with Gasteiger partial charge in [-0.2, -0.15) is 0 Å². The Balaban J connectivity index is 3.99. The summed E-state index contributed by atoms with van der Waals surface area (Å²) >= 11 is 22.0. The molecular weight excluding hydrogens is 230 g/mol. The van der Waals surface area contributed by atoms with Gasteiger partial charge in [0, 0.05) is 4.87 Å². The van der Waals surface area contributed by atoms with Crippen molar-refractivity contribution in [3.63, 3.8) is 0 Å². The van der Waals surface area contributed by atoms with Crippen molar-refractivity contribution in [3.05, 3.63) is 0 Å². The minimum absolute atomic E-state index is 0.241. The second kappa shape index (κ2) is 3.89. The van der Waals surface area contributed by atoms with Crippen molar-refractivity contribution in [2.45, 2.75) is 35.0 Å². The number of alkyl halides is 4. The van der Waals surface area contributed by atoms with Gasteiger partial charge in [-0.05, 0) is 20.3 Å². The summed E-state index contributed by atoms with van der Waals surface area (Å²) in [5, 5.41) is 9.24. The first-order valence-corrected chi connectivity index (χ1v) is 4.58. The predicted octanol–water partition coefficient (Wildman–Crippen LogP) is 3.13. The molecule has 1 atom stereocenters. The molecule has 0 heterocycles. The molecule has 5 heteroatoms. The van der Waals surface area contributed by atoms with E-state index in [4.69, 9.17) is 46.4 Å². The first kappa shape index (κ1) is 12.1. The molecule has 0 fully saturated rings. The lowest BCUT2D eigenvalue weighted by Gasteiger charge is -2.24. The van der Waals surface area contributed by atoms with Crippen LogP contribution < -0.4 is 0 Å². The minimum atomic E-state index is -1.65. The molecule has 0 aliphatic rings. The molecular formula is C6H10Cl4O. The summed E-state index contributed by atoms with van der Waals surface area (Å²) in [7, 11) is 0. The number of rotatable bonds is 2. The van der Waals surface area contributed by atoms with E-state index < -0.39 is 14.8 Å². The SMILES string of the molecule is CC(C)(Cl)CC(O)C(Cl)(Cl)Cl. The fourth-order valence-electron chi connectivity index (χ4n) is 0.576. The van der Waals surface area contributed by atoms with Crippen LogP contribution in [0.5, 0.6) is 0 Å². The second-order valence-corrected chi connectivity index (χ2v) is 6.37. The fourth-order valence-corrected chi connectivity index (χ4v) is 0.953. The average Bonchev–Trinajstić information content (AvgIpc) is 1.56. The van der Waals surface area contributed by atoms with Gasteiger partial charge in [-0.3, -0.25) is 0 Å². The molecule has 0 rings (SSSR count). The first-order valence-electron chi connectivity index (χ1n) is 3.06. The van der Waals surface area contributed by atoms with Gasteiger partial charge in [0.05, 0.1) is 0 Å². The molecule has 68 valence electrons. The van der Waals surface area contributed by atoms with E-state index in [0.717, 1.165) is 0 Å². The van der Waals surface area contributed by atoms with E-state index in [2.05, 4.69) is 0 Å². The van der Waals surface area contributed by atoms with Crippen LogP contribution in [0.25, 0.3) is 0 Å². The fraction of sp³-hybridized carbons (Fsp3) is 1.00. The van der Waals surface area contributed by atoms with Crippen LogP contribution in [0.1, 0.15) is 20.3 Å². The Kier molecular flexibility index (Phi) is 4.28. The van der Waals surface area contributed by atoms with Gasteiger partial charge in [-0.15, -0.1) is 11.6 Å². The summed E-state index contributed by atoms with van der Waals surface area (Å²) < 4.78 is -1.65. The molecule has 0 aliphatic heterocycles. The van der Waals surface area contributed by atoms with E-state index in [-0.39, 0.29) is 6.42 Å². The Morgan fingerprint density at radius 1 is 1.18 bits per heavy atom. The van der Waals surface area contributed by atoms with E-state index in [1.165, 1.54) is 0 Å². The number of aliphatic hydroxyl groups is 1. The molecule has 0 aromatic rings. The van der Waals surface area contributed by atoms with Crippen molar-refractivity contribution in [3.8, 4) is 0 Å². The normalized spacial score (nSPS) is 16.6. The lowest BCUT2D eigenvalue weighted by Crippen LogP contribution is -2.31. The number of hydrogen-bond acceptors (Lipinski definition) is 1. The Morgan fingerprint density at radius 3 is 1.64 bits per heavy atom. The van der Waals surface area contributed by atoms with Crippen molar-refractivity contribution in [1.29, 1.82) is 0 Å². The molecule has 1 N–H and O–H groups in total. The lowest BCUT2D eigenvalue weighted by molar-refractivity contribution is 0.157. The van der Waals surface area contributed by atoms with E-state index in [9.17, 15) is 5.11 Å². The smallest absolute Gasteiger partial charge is 0.216 e. The van der Waals surface area contributed by atoms with Crippen molar-refractivity contribution < 1.29 is 5.11 Å². The van der Waals surface area contributed by atoms with Gasteiger partial charge >= 0.3 is 0 Å². The van der Waals surface area contributed by atoms with Crippen LogP contribution in [-0.4, -0.2) is 19.9 Å². The number of halogens is 4. The molecule has 0 saturated heterocycles. The van der Waals surface area contributed by atoms with Gasteiger partial charge in [-0.25, -0.2) is 0 Å². The van der Waals surface area contributed by atoms with Gasteiger partial charge in [0.2, 0.25) is 3.79 Å². The molecule has 11 heavy (non-hydrogen) atoms. The summed E-state index contributed by atoms with van der Waals surface area (Å²) in [6, 6.07) is 0. The molecule has 0 radical (unpaired) electrons. The average molecular weight is 240 g/mol. The van der Waals surface area contributed by atoms with E-state index >= 15 is 0 Å². The molecule has 0 saturated carbocycles. The van der Waals surface area contributed by atoms with Crippen molar-refractivity contribution in [2.24, 2.45) is 0 Å². The van der Waals surface area contributed by atoms with E-state index in [0.29, 0.717) is 0 Å². The standard InChI is InChI=1S/C6H10Cl4O/c1-5(2,7)3-4(11)6(8,9)10/h4,11H,3H2,1-2H3. The summed E-state index contributed by atoms with van der Waals surface area (Å²) in [4.78, 5) is -0.552. The quantitative estimate of drug-likeness (QED) is 0.735. The van der Waals surface area contributed by atoms with E-state index in [1.807, 2.05) is 0 Å². The highest BCUT2D eigenvalue weighted by Crippen LogP contribution is 2.35. The summed E-state index contributed by atoms with van der Waals surface area (Å²) in [6.45, 7) is 3.49. The maximum atomic E-state index is 9.24. The Labute approximate surface area is 86.6 Å². The second-order valence-electron chi connectivity index (χ2n) is 2.98. The summed E-state index contributed by atoms with van der Waals surface area (Å²) in [5.41, 5.74) is 0. The summed E-state index contributed by atoms with van der Waals surface area (Å²) in [5.74, 6) is 0. The van der Waals surface area contributed by atoms with Crippen LogP contribution in [0.15, 0.2) is 0 Å². The highest BCUT2D eigenvalue weighted by Gasteiger charge is 2.34. The van der Waals surface area contributed by atoms with Crippen molar-refractivity contribution in [2.75, 3.05) is 0 Å². The summed E-state index contributed by atoms with van der Waals surface area (Å²) in [6.07, 6.45) is -0.787. The monoisotopic (exact) mass is 238 g/mol. The Hall–Kier alpha value is 1.12. The van der Waals surface area contributed by atoms with Gasteiger partial charge in [0.15, 0.2) is 0 Å². The largest absolute Gasteiger partial charge is 0.389 e. The molecule has 0 amide bonds. The van der Waals surface area contributed by atoms with Gasteiger partial charge < -0.3 is 5.11 Å². The minimum Gasteiger partial charge on any atom is -0.389 e. The molecule has 1 nitrogen and oxygen atoms in total. The molecule has 0 aliphatic carbocycles. The number of aliphatic hydroxyl groups excluding tert-OH is 1. The Morgan fingerprint density at radius 2 is 1.55 bits per heavy atom. The maximum Gasteiger partial charge on any atom is 0.216 e. The van der Waals surface area contributed by atoms with Crippen LogP contribution in [0, 0.1) is 0 Å². The topological polar surface area (TPSA) is 20.2 Å². The lowest BCUT2D eigenvalue weighted by atomic mass is 10.1. The van der Waals surface area contributed by atoms with Crippen LogP contribution in [0.4, 0.5) is 0 Å². The zero-order chi connectivity index (χ0) is 9.28. The third-order valence-corrected chi connectivity index (χ3v) is 1.97. The van der Waals surface area contributed by atoms with Gasteiger partial charge in [-0.1, -0.05) is 34.8 Å². The van der Waals surface area contributed by atoms with Gasteiger partial charge in [0.1, 0.15) is 6.10 Å². The van der Waals surface area contributed by atoms with Crippen LogP contribution in [0.2, 0.25) is 0 Å². The number of hydrogen-bond donors (Lipinski definition) is 1. The van der Waals surface area contributed by atoms with Crippen molar-refractivity contribution in [1.82, 2.24) is 0 Å². The van der Waals surface area contributed by atoms with E-state index in [1.54, 1.807) is 13.8 Å². The van der Waals surface area contributed by atoms with Crippen LogP contribution >= 0.6 is 46.4 Å². The molecule has 0 aromatic carbocycles.